The molecule has 1 heterocycles. The van der Waals surface area contributed by atoms with Gasteiger partial charge in [0.15, 0.2) is 0 Å². The Hall–Kier alpha value is -1.91. The van der Waals surface area contributed by atoms with Crippen molar-refractivity contribution in [3.05, 3.63) is 29.6 Å². The maximum Gasteiger partial charge on any atom is 0.303 e. The van der Waals surface area contributed by atoms with Crippen molar-refractivity contribution in [3.63, 3.8) is 0 Å². The molecule has 1 rings (SSSR count). The molecular formula is C11H13NO4. The van der Waals surface area contributed by atoms with Gasteiger partial charge in [0.1, 0.15) is 13.2 Å². The van der Waals surface area contributed by atoms with Crippen molar-refractivity contribution in [1.82, 2.24) is 4.98 Å². The molecule has 0 spiro atoms. The molecule has 1 aromatic rings. The molecule has 0 atom stereocenters. The molecule has 5 nitrogen and oxygen atoms in total. The van der Waals surface area contributed by atoms with Crippen molar-refractivity contribution in [1.29, 1.82) is 0 Å². The third kappa shape index (κ3) is 4.54. The second kappa shape index (κ2) is 5.85. The Morgan fingerprint density at radius 3 is 2.25 bits per heavy atom. The molecule has 0 aromatic carbocycles. The molecule has 0 bridgehead atoms. The number of rotatable bonds is 4. The fourth-order valence-corrected chi connectivity index (χ4v) is 0.986. The van der Waals surface area contributed by atoms with E-state index in [1.54, 1.807) is 18.3 Å². The molecule has 0 aliphatic carbocycles. The quantitative estimate of drug-likeness (QED) is 0.718. The van der Waals surface area contributed by atoms with Crippen LogP contribution in [0.25, 0.3) is 0 Å². The Labute approximate surface area is 93.4 Å². The first-order valence-corrected chi connectivity index (χ1v) is 4.78. The smallest absolute Gasteiger partial charge is 0.303 e. The average molecular weight is 223 g/mol. The molecule has 1 aromatic heterocycles. The number of carbonyl (C=O) groups is 2. The van der Waals surface area contributed by atoms with Crippen molar-refractivity contribution >= 4 is 11.9 Å². The molecule has 0 amide bonds. The SMILES string of the molecule is CC(=O)OCc1ccc(COC(C)=O)nc1. The first-order valence-electron chi connectivity index (χ1n) is 4.78. The Balaban J connectivity index is 2.47. The number of pyridine rings is 1. The fraction of sp³-hybridized carbons (Fsp3) is 0.364. The maximum atomic E-state index is 10.6. The summed E-state index contributed by atoms with van der Waals surface area (Å²) in [5, 5.41) is 0. The first kappa shape index (κ1) is 12.2. The summed E-state index contributed by atoms with van der Waals surface area (Å²) >= 11 is 0. The minimum absolute atomic E-state index is 0.156. The number of aromatic nitrogens is 1. The van der Waals surface area contributed by atoms with Gasteiger partial charge in [-0.05, 0) is 6.07 Å². The monoisotopic (exact) mass is 223 g/mol. The number of hydrogen-bond donors (Lipinski definition) is 0. The van der Waals surface area contributed by atoms with E-state index in [1.807, 2.05) is 0 Å². The molecule has 0 aliphatic heterocycles. The van der Waals surface area contributed by atoms with Crippen LogP contribution >= 0.6 is 0 Å². The van der Waals surface area contributed by atoms with Gasteiger partial charge in [-0.15, -0.1) is 0 Å². The van der Waals surface area contributed by atoms with Gasteiger partial charge < -0.3 is 9.47 Å². The van der Waals surface area contributed by atoms with Crippen LogP contribution in [0.15, 0.2) is 18.3 Å². The highest BCUT2D eigenvalue weighted by molar-refractivity contribution is 5.66. The van der Waals surface area contributed by atoms with E-state index in [4.69, 9.17) is 9.47 Å². The van der Waals surface area contributed by atoms with E-state index in [1.165, 1.54) is 13.8 Å². The topological polar surface area (TPSA) is 65.5 Å². The lowest BCUT2D eigenvalue weighted by Gasteiger charge is -2.04. The number of hydrogen-bond acceptors (Lipinski definition) is 5. The first-order chi connectivity index (χ1) is 7.58. The van der Waals surface area contributed by atoms with E-state index < -0.39 is 0 Å². The van der Waals surface area contributed by atoms with Gasteiger partial charge in [0.25, 0.3) is 0 Å². The molecular weight excluding hydrogens is 210 g/mol. The standard InChI is InChI=1S/C11H13NO4/c1-8(13)15-6-10-3-4-11(12-5-10)7-16-9(2)14/h3-5H,6-7H2,1-2H3. The Morgan fingerprint density at radius 2 is 1.75 bits per heavy atom. The number of carbonyl (C=O) groups excluding carboxylic acids is 2. The summed E-state index contributed by atoms with van der Waals surface area (Å²) < 4.78 is 9.58. The highest BCUT2D eigenvalue weighted by Crippen LogP contribution is 2.03. The van der Waals surface area contributed by atoms with Crippen LogP contribution in [0, 0.1) is 0 Å². The van der Waals surface area contributed by atoms with E-state index >= 15 is 0 Å². The largest absolute Gasteiger partial charge is 0.461 e. The van der Waals surface area contributed by atoms with Crippen LogP contribution in [-0.4, -0.2) is 16.9 Å². The summed E-state index contributed by atoms with van der Waals surface area (Å²) in [6.45, 7) is 3.05. The lowest BCUT2D eigenvalue weighted by atomic mass is 10.2. The predicted molar refractivity (Wildman–Crippen MR) is 55.2 cm³/mol. The van der Waals surface area contributed by atoms with Gasteiger partial charge in [0, 0.05) is 25.6 Å². The fourth-order valence-electron chi connectivity index (χ4n) is 0.986. The zero-order chi connectivity index (χ0) is 12.0. The Morgan fingerprint density at radius 1 is 1.12 bits per heavy atom. The van der Waals surface area contributed by atoms with Crippen molar-refractivity contribution < 1.29 is 19.1 Å². The molecule has 0 aliphatic rings. The summed E-state index contributed by atoms with van der Waals surface area (Å²) in [6.07, 6.45) is 1.59. The van der Waals surface area contributed by atoms with Crippen LogP contribution in [0.2, 0.25) is 0 Å². The summed E-state index contributed by atoms with van der Waals surface area (Å²) in [5.74, 6) is -0.672. The van der Waals surface area contributed by atoms with Crippen molar-refractivity contribution in [3.8, 4) is 0 Å². The van der Waals surface area contributed by atoms with Gasteiger partial charge in [-0.1, -0.05) is 6.07 Å². The molecule has 86 valence electrons. The van der Waals surface area contributed by atoms with Crippen LogP contribution in [0.1, 0.15) is 25.1 Å². The van der Waals surface area contributed by atoms with Gasteiger partial charge in [-0.2, -0.15) is 0 Å². The van der Waals surface area contributed by atoms with Crippen LogP contribution in [0.5, 0.6) is 0 Å². The van der Waals surface area contributed by atoms with Crippen molar-refractivity contribution in [2.24, 2.45) is 0 Å². The lowest BCUT2D eigenvalue weighted by molar-refractivity contribution is -0.143. The highest BCUT2D eigenvalue weighted by atomic mass is 16.5. The normalized spacial score (nSPS) is 9.62. The van der Waals surface area contributed by atoms with Crippen molar-refractivity contribution in [2.75, 3.05) is 0 Å². The lowest BCUT2D eigenvalue weighted by Crippen LogP contribution is -2.02. The number of esters is 2. The molecule has 0 unspecified atom stereocenters. The zero-order valence-electron chi connectivity index (χ0n) is 9.23. The Bertz CT molecular complexity index is 335. The maximum absolute atomic E-state index is 10.6. The summed E-state index contributed by atoms with van der Waals surface area (Å²) in [5.41, 5.74) is 1.45. The Kier molecular flexibility index (Phi) is 4.44. The van der Waals surface area contributed by atoms with Gasteiger partial charge in [-0.25, -0.2) is 0 Å². The van der Waals surface area contributed by atoms with Gasteiger partial charge in [0.05, 0.1) is 5.69 Å². The minimum atomic E-state index is -0.342. The molecule has 16 heavy (non-hydrogen) atoms. The highest BCUT2D eigenvalue weighted by Gasteiger charge is 2.00. The molecule has 0 N–H and O–H groups in total. The van der Waals surface area contributed by atoms with Gasteiger partial charge in [0.2, 0.25) is 0 Å². The van der Waals surface area contributed by atoms with E-state index in [-0.39, 0.29) is 25.2 Å². The van der Waals surface area contributed by atoms with Crippen LogP contribution < -0.4 is 0 Å². The van der Waals surface area contributed by atoms with Crippen LogP contribution in [-0.2, 0) is 32.3 Å². The summed E-state index contributed by atoms with van der Waals surface area (Å²) in [4.78, 5) is 25.2. The zero-order valence-corrected chi connectivity index (χ0v) is 9.23. The molecule has 0 saturated carbocycles. The van der Waals surface area contributed by atoms with E-state index in [9.17, 15) is 9.59 Å². The van der Waals surface area contributed by atoms with Crippen molar-refractivity contribution in [2.45, 2.75) is 27.1 Å². The van der Waals surface area contributed by atoms with Gasteiger partial charge >= 0.3 is 11.9 Å². The third-order valence-electron chi connectivity index (χ3n) is 1.75. The second-order valence-corrected chi connectivity index (χ2v) is 3.22. The molecule has 0 fully saturated rings. The van der Waals surface area contributed by atoms with Gasteiger partial charge in [-0.3, -0.25) is 14.6 Å². The average Bonchev–Trinajstić information content (AvgIpc) is 2.25. The molecule has 0 saturated heterocycles. The van der Waals surface area contributed by atoms with E-state index in [0.717, 1.165) is 5.56 Å². The van der Waals surface area contributed by atoms with Crippen LogP contribution in [0.3, 0.4) is 0 Å². The second-order valence-electron chi connectivity index (χ2n) is 3.22. The molecule has 0 radical (unpaired) electrons. The molecule has 5 heteroatoms. The third-order valence-corrected chi connectivity index (χ3v) is 1.75. The van der Waals surface area contributed by atoms with E-state index in [2.05, 4.69) is 4.98 Å². The minimum Gasteiger partial charge on any atom is -0.461 e. The van der Waals surface area contributed by atoms with E-state index in [0.29, 0.717) is 5.69 Å². The number of ether oxygens (including phenoxy) is 2. The predicted octanol–water partition coefficient (Wildman–Crippen LogP) is 1.21. The van der Waals surface area contributed by atoms with Crippen LogP contribution in [0.4, 0.5) is 0 Å². The number of nitrogens with zero attached hydrogens (tertiary/aromatic N) is 1. The summed E-state index contributed by atoms with van der Waals surface area (Å²) in [7, 11) is 0. The summed E-state index contributed by atoms with van der Waals surface area (Å²) in [6, 6.07) is 3.50.